The number of aliphatic hydroxyl groups is 1. The van der Waals surface area contributed by atoms with Gasteiger partial charge < -0.3 is 25.4 Å². The van der Waals surface area contributed by atoms with E-state index < -0.39 is 38.6 Å². The van der Waals surface area contributed by atoms with Crippen molar-refractivity contribution in [3.8, 4) is 0 Å². The van der Waals surface area contributed by atoms with Gasteiger partial charge in [-0.2, -0.15) is 4.98 Å². The number of phosphoric acid groups is 1. The van der Waals surface area contributed by atoms with Crippen molar-refractivity contribution >= 4 is 13.6 Å². The molecule has 2 heterocycles. The van der Waals surface area contributed by atoms with Crippen molar-refractivity contribution < 1.29 is 28.7 Å². The summed E-state index contributed by atoms with van der Waals surface area (Å²) in [6, 6.07) is 1.40. The second-order valence-corrected chi connectivity index (χ2v) is 5.50. The van der Waals surface area contributed by atoms with E-state index in [4.69, 9.17) is 20.3 Å². The summed E-state index contributed by atoms with van der Waals surface area (Å²) in [5.41, 5.74) is 4.72. The van der Waals surface area contributed by atoms with E-state index in [1.165, 1.54) is 12.3 Å². The fraction of sp³-hybridized carbons (Fsp3) is 0.556. The van der Waals surface area contributed by atoms with Crippen LogP contribution >= 0.6 is 7.82 Å². The molecule has 112 valence electrons. The van der Waals surface area contributed by atoms with Crippen LogP contribution in [0.4, 0.5) is 5.82 Å². The van der Waals surface area contributed by atoms with Crippen molar-refractivity contribution in [1.82, 2.24) is 9.55 Å². The molecule has 1 aliphatic heterocycles. The molecule has 1 aromatic heterocycles. The summed E-state index contributed by atoms with van der Waals surface area (Å²) in [6.45, 7) is -0.487. The zero-order valence-corrected chi connectivity index (χ0v) is 11.1. The maximum Gasteiger partial charge on any atom is 0.469 e. The highest BCUT2D eigenvalue weighted by Gasteiger charge is 2.36. The van der Waals surface area contributed by atoms with Crippen LogP contribution in [-0.2, 0) is 13.8 Å². The summed E-state index contributed by atoms with van der Waals surface area (Å²) < 4.78 is 21.3. The molecule has 0 amide bonds. The van der Waals surface area contributed by atoms with E-state index in [2.05, 4.69) is 9.51 Å². The van der Waals surface area contributed by atoms with Crippen LogP contribution in [0.5, 0.6) is 0 Å². The minimum Gasteiger partial charge on any atom is -0.390 e. The van der Waals surface area contributed by atoms with E-state index in [1.54, 1.807) is 0 Å². The van der Waals surface area contributed by atoms with Gasteiger partial charge in [0, 0.05) is 12.6 Å². The topological polar surface area (TPSA) is 157 Å². The molecule has 1 unspecified atom stereocenters. The molecule has 1 fully saturated rings. The molecule has 3 atom stereocenters. The average Bonchev–Trinajstić information content (AvgIpc) is 2.67. The fourth-order valence-electron chi connectivity index (χ4n) is 1.85. The van der Waals surface area contributed by atoms with Crippen molar-refractivity contribution in [3.05, 3.63) is 22.7 Å². The Morgan fingerprint density at radius 1 is 1.60 bits per heavy atom. The normalized spacial score (nSPS) is 26.9. The molecule has 1 aromatic rings. The number of aromatic nitrogens is 2. The second kappa shape index (κ2) is 5.60. The Balaban J connectivity index is 2.06. The molecule has 5 N–H and O–H groups in total. The lowest BCUT2D eigenvalue weighted by atomic mass is 10.2. The van der Waals surface area contributed by atoms with Gasteiger partial charge in [0.05, 0.1) is 12.7 Å². The minimum atomic E-state index is -4.64. The number of hydrogen-bond donors (Lipinski definition) is 4. The van der Waals surface area contributed by atoms with E-state index >= 15 is 0 Å². The van der Waals surface area contributed by atoms with Crippen LogP contribution in [0.3, 0.4) is 0 Å². The van der Waals surface area contributed by atoms with E-state index in [0.717, 1.165) is 4.57 Å². The molecule has 1 aliphatic rings. The lowest BCUT2D eigenvalue weighted by Crippen LogP contribution is -2.28. The Morgan fingerprint density at radius 3 is 2.90 bits per heavy atom. The number of nitrogens with zero attached hydrogens (tertiary/aromatic N) is 2. The van der Waals surface area contributed by atoms with Crippen molar-refractivity contribution in [2.45, 2.75) is 24.9 Å². The van der Waals surface area contributed by atoms with Crippen molar-refractivity contribution in [2.75, 3.05) is 12.3 Å². The Hall–Kier alpha value is -1.29. The second-order valence-electron chi connectivity index (χ2n) is 4.26. The van der Waals surface area contributed by atoms with Gasteiger partial charge in [-0.1, -0.05) is 0 Å². The van der Waals surface area contributed by atoms with Crippen molar-refractivity contribution in [2.24, 2.45) is 0 Å². The summed E-state index contributed by atoms with van der Waals surface area (Å²) in [7, 11) is -4.64. The van der Waals surface area contributed by atoms with E-state index in [0.29, 0.717) is 0 Å². The molecule has 0 saturated carbocycles. The number of rotatable bonds is 4. The quantitative estimate of drug-likeness (QED) is 0.490. The van der Waals surface area contributed by atoms with Crippen molar-refractivity contribution in [3.63, 3.8) is 0 Å². The first kappa shape index (κ1) is 15.1. The maximum absolute atomic E-state index is 11.6. The number of nitrogen functional groups attached to an aromatic ring is 1. The fourth-order valence-corrected chi connectivity index (χ4v) is 2.19. The van der Waals surface area contributed by atoms with Crippen LogP contribution in [0.2, 0.25) is 0 Å². The molecule has 11 heteroatoms. The number of phosphoric ester groups is 1. The predicted molar refractivity (Wildman–Crippen MR) is 65.4 cm³/mol. The minimum absolute atomic E-state index is 0.0613. The van der Waals surface area contributed by atoms with E-state index in [1.807, 2.05) is 0 Å². The number of anilines is 1. The van der Waals surface area contributed by atoms with E-state index in [-0.39, 0.29) is 12.2 Å². The van der Waals surface area contributed by atoms with Crippen molar-refractivity contribution in [1.29, 1.82) is 0 Å². The van der Waals surface area contributed by atoms with Gasteiger partial charge in [-0.3, -0.25) is 9.09 Å². The van der Waals surface area contributed by atoms with Crippen LogP contribution in [0.25, 0.3) is 0 Å². The summed E-state index contributed by atoms with van der Waals surface area (Å²) in [6.07, 6.45) is -1.32. The van der Waals surface area contributed by atoms with Crippen LogP contribution in [0.1, 0.15) is 12.6 Å². The average molecular weight is 307 g/mol. The number of hydrogen-bond acceptors (Lipinski definition) is 7. The maximum atomic E-state index is 11.6. The number of ether oxygens (including phenoxy) is 1. The molecule has 20 heavy (non-hydrogen) atoms. The van der Waals surface area contributed by atoms with Gasteiger partial charge in [-0.25, -0.2) is 9.36 Å². The van der Waals surface area contributed by atoms with E-state index in [9.17, 15) is 14.5 Å². The summed E-state index contributed by atoms with van der Waals surface area (Å²) >= 11 is 0. The SMILES string of the molecule is Nc1ccn([C@H]2CC(O)[C@@H](COP(=O)(O)O)O2)c(=O)n1. The third-order valence-electron chi connectivity index (χ3n) is 2.77. The number of aliphatic hydroxyl groups excluding tert-OH is 1. The standard InChI is InChI=1S/C9H14N3O7P/c10-7-1-2-12(9(14)11-7)8-3-5(13)6(19-8)4-18-20(15,16)17/h1-2,5-6,8,13H,3-4H2,(H2,10,11,14)(H2,15,16,17)/t5?,6-,8-/m1/s1. The molecule has 0 aromatic carbocycles. The molecule has 0 bridgehead atoms. The van der Waals surface area contributed by atoms with Gasteiger partial charge in [-0.15, -0.1) is 0 Å². The smallest absolute Gasteiger partial charge is 0.390 e. The first-order valence-electron chi connectivity index (χ1n) is 5.64. The first-order chi connectivity index (χ1) is 9.26. The van der Waals surface area contributed by atoms with Gasteiger partial charge in [-0.05, 0) is 6.07 Å². The lowest BCUT2D eigenvalue weighted by Gasteiger charge is -2.16. The highest BCUT2D eigenvalue weighted by atomic mass is 31.2. The van der Waals surface area contributed by atoms with Crippen LogP contribution in [0.15, 0.2) is 17.1 Å². The molecule has 0 aliphatic carbocycles. The lowest BCUT2D eigenvalue weighted by molar-refractivity contribution is -0.0450. The Morgan fingerprint density at radius 2 is 2.30 bits per heavy atom. The number of nitrogens with two attached hydrogens (primary N) is 1. The van der Waals surface area contributed by atoms with Crippen LogP contribution in [0, 0.1) is 0 Å². The highest BCUT2D eigenvalue weighted by molar-refractivity contribution is 7.46. The summed E-state index contributed by atoms with van der Waals surface area (Å²) in [5.74, 6) is 0.0613. The Kier molecular flexibility index (Phi) is 4.23. The first-order valence-corrected chi connectivity index (χ1v) is 7.17. The molecule has 2 rings (SSSR count). The van der Waals surface area contributed by atoms with Gasteiger partial charge >= 0.3 is 13.5 Å². The van der Waals surface area contributed by atoms with Crippen LogP contribution in [-0.4, -0.2) is 43.3 Å². The Bertz CT molecular complexity index is 585. The molecule has 1 saturated heterocycles. The van der Waals surface area contributed by atoms with Gasteiger partial charge in [0.1, 0.15) is 18.1 Å². The van der Waals surface area contributed by atoms with Gasteiger partial charge in [0.2, 0.25) is 0 Å². The zero-order chi connectivity index (χ0) is 14.9. The van der Waals surface area contributed by atoms with Crippen LogP contribution < -0.4 is 11.4 Å². The largest absolute Gasteiger partial charge is 0.469 e. The Labute approximate surface area is 113 Å². The molecule has 0 spiro atoms. The zero-order valence-electron chi connectivity index (χ0n) is 10.2. The molecular weight excluding hydrogens is 293 g/mol. The monoisotopic (exact) mass is 307 g/mol. The molecule has 0 radical (unpaired) electrons. The van der Waals surface area contributed by atoms with Gasteiger partial charge in [0.15, 0.2) is 0 Å². The predicted octanol–water partition coefficient (Wildman–Crippen LogP) is -1.42. The molecular formula is C9H14N3O7P. The van der Waals surface area contributed by atoms with Gasteiger partial charge in [0.25, 0.3) is 0 Å². The highest BCUT2D eigenvalue weighted by Crippen LogP contribution is 2.38. The third kappa shape index (κ3) is 3.63. The summed E-state index contributed by atoms with van der Waals surface area (Å²) in [5, 5.41) is 9.74. The summed E-state index contributed by atoms with van der Waals surface area (Å²) in [4.78, 5) is 32.3. The third-order valence-corrected chi connectivity index (χ3v) is 3.26. The molecule has 10 nitrogen and oxygen atoms in total.